The van der Waals surface area contributed by atoms with E-state index in [1.54, 1.807) is 26.4 Å². The standard InChI is InChI=1S/C22H29N3O4/c1-28-19-10-6-16(14-20(19)29-2)7-11-21(26)25-15-17-4-8-18(9-5-17)22(27)24-13-3-12-23/h4-6,8-10,14H,3,7,11-13,15,23H2,1-2H3,(H,24,27)(H,25,26). The van der Waals surface area contributed by atoms with E-state index in [0.717, 1.165) is 17.5 Å². The van der Waals surface area contributed by atoms with E-state index in [1.807, 2.05) is 30.3 Å². The van der Waals surface area contributed by atoms with Crippen LogP contribution in [0.1, 0.15) is 34.3 Å². The van der Waals surface area contributed by atoms with Gasteiger partial charge in [-0.2, -0.15) is 0 Å². The number of amides is 2. The Morgan fingerprint density at radius 1 is 0.931 bits per heavy atom. The van der Waals surface area contributed by atoms with Crippen LogP contribution in [0.25, 0.3) is 0 Å². The summed E-state index contributed by atoms with van der Waals surface area (Å²) in [6.45, 7) is 1.53. The molecule has 0 unspecified atom stereocenters. The molecule has 0 fully saturated rings. The zero-order chi connectivity index (χ0) is 21.1. The van der Waals surface area contributed by atoms with E-state index in [0.29, 0.717) is 49.5 Å². The van der Waals surface area contributed by atoms with E-state index < -0.39 is 0 Å². The summed E-state index contributed by atoms with van der Waals surface area (Å²) in [6, 6.07) is 12.8. The number of hydrogen-bond acceptors (Lipinski definition) is 5. The fourth-order valence-electron chi connectivity index (χ4n) is 2.76. The monoisotopic (exact) mass is 399 g/mol. The second-order valence-corrected chi connectivity index (χ2v) is 6.56. The smallest absolute Gasteiger partial charge is 0.251 e. The summed E-state index contributed by atoms with van der Waals surface area (Å²) in [5, 5.41) is 5.71. The first-order chi connectivity index (χ1) is 14.1. The van der Waals surface area contributed by atoms with Gasteiger partial charge >= 0.3 is 0 Å². The molecular formula is C22H29N3O4. The van der Waals surface area contributed by atoms with Crippen LogP contribution in [-0.4, -0.2) is 39.1 Å². The van der Waals surface area contributed by atoms with Crippen LogP contribution in [0, 0.1) is 0 Å². The molecule has 0 aromatic heterocycles. The van der Waals surface area contributed by atoms with Crippen molar-refractivity contribution in [2.75, 3.05) is 27.3 Å². The number of aryl methyl sites for hydroxylation is 1. The number of nitrogens with one attached hydrogen (secondary N) is 2. The number of rotatable bonds is 11. The Morgan fingerprint density at radius 2 is 1.62 bits per heavy atom. The first kappa shape index (κ1) is 22.2. The van der Waals surface area contributed by atoms with Gasteiger partial charge in [0.05, 0.1) is 14.2 Å². The molecule has 7 nitrogen and oxygen atoms in total. The van der Waals surface area contributed by atoms with Gasteiger partial charge in [-0.3, -0.25) is 9.59 Å². The Bertz CT molecular complexity index is 806. The molecule has 0 saturated heterocycles. The van der Waals surface area contributed by atoms with Crippen molar-refractivity contribution < 1.29 is 19.1 Å². The summed E-state index contributed by atoms with van der Waals surface area (Å²) in [6.07, 6.45) is 1.73. The first-order valence-electron chi connectivity index (χ1n) is 9.62. The predicted octanol–water partition coefficient (Wildman–Crippen LogP) is 2.03. The Morgan fingerprint density at radius 3 is 2.28 bits per heavy atom. The van der Waals surface area contributed by atoms with Gasteiger partial charge in [-0.25, -0.2) is 0 Å². The SMILES string of the molecule is COc1ccc(CCC(=O)NCc2ccc(C(=O)NCCCN)cc2)cc1OC. The molecule has 0 radical (unpaired) electrons. The van der Waals surface area contributed by atoms with E-state index >= 15 is 0 Å². The van der Waals surface area contributed by atoms with Crippen molar-refractivity contribution in [3.05, 3.63) is 59.2 Å². The third kappa shape index (κ3) is 7.12. The number of ether oxygens (including phenoxy) is 2. The zero-order valence-corrected chi connectivity index (χ0v) is 17.0. The highest BCUT2D eigenvalue weighted by atomic mass is 16.5. The average Bonchev–Trinajstić information content (AvgIpc) is 2.76. The van der Waals surface area contributed by atoms with Crippen LogP contribution in [0.3, 0.4) is 0 Å². The van der Waals surface area contributed by atoms with Crippen LogP contribution < -0.4 is 25.8 Å². The molecule has 0 atom stereocenters. The molecule has 2 amide bonds. The highest BCUT2D eigenvalue weighted by Gasteiger charge is 2.08. The number of benzene rings is 2. The van der Waals surface area contributed by atoms with Crippen molar-refractivity contribution in [2.24, 2.45) is 5.73 Å². The molecule has 2 rings (SSSR count). The summed E-state index contributed by atoms with van der Waals surface area (Å²) in [5.74, 6) is 1.15. The minimum Gasteiger partial charge on any atom is -0.493 e. The first-order valence-corrected chi connectivity index (χ1v) is 9.62. The molecule has 0 saturated carbocycles. The molecule has 0 aliphatic carbocycles. The molecule has 0 aliphatic rings. The van der Waals surface area contributed by atoms with Gasteiger partial charge in [0.2, 0.25) is 5.91 Å². The van der Waals surface area contributed by atoms with Crippen LogP contribution >= 0.6 is 0 Å². The lowest BCUT2D eigenvalue weighted by molar-refractivity contribution is -0.121. The van der Waals surface area contributed by atoms with Crippen molar-refractivity contribution in [1.82, 2.24) is 10.6 Å². The molecule has 0 aliphatic heterocycles. The van der Waals surface area contributed by atoms with E-state index in [4.69, 9.17) is 15.2 Å². The normalized spacial score (nSPS) is 10.3. The van der Waals surface area contributed by atoms with E-state index in [1.165, 1.54) is 0 Å². The number of hydrogen-bond donors (Lipinski definition) is 3. The van der Waals surface area contributed by atoms with Gasteiger partial charge in [-0.05, 0) is 54.8 Å². The van der Waals surface area contributed by atoms with Crippen molar-refractivity contribution >= 4 is 11.8 Å². The fraction of sp³-hybridized carbons (Fsp3) is 0.364. The highest BCUT2D eigenvalue weighted by Crippen LogP contribution is 2.27. The molecule has 0 spiro atoms. The van der Waals surface area contributed by atoms with Gasteiger partial charge in [0.1, 0.15) is 0 Å². The lowest BCUT2D eigenvalue weighted by Crippen LogP contribution is -2.26. The minimum absolute atomic E-state index is 0.0385. The molecule has 2 aromatic rings. The molecular weight excluding hydrogens is 370 g/mol. The topological polar surface area (TPSA) is 103 Å². The quantitative estimate of drug-likeness (QED) is 0.502. The Hall–Kier alpha value is -3.06. The second-order valence-electron chi connectivity index (χ2n) is 6.56. The summed E-state index contributed by atoms with van der Waals surface area (Å²) in [5.41, 5.74) is 7.94. The minimum atomic E-state index is -0.121. The Balaban J connectivity index is 1.78. The molecule has 2 aromatic carbocycles. The molecule has 156 valence electrons. The number of methoxy groups -OCH3 is 2. The van der Waals surface area contributed by atoms with Crippen molar-refractivity contribution in [2.45, 2.75) is 25.8 Å². The third-order valence-electron chi connectivity index (χ3n) is 4.46. The van der Waals surface area contributed by atoms with Gasteiger partial charge in [0, 0.05) is 25.1 Å². The highest BCUT2D eigenvalue weighted by molar-refractivity contribution is 5.94. The van der Waals surface area contributed by atoms with E-state index in [-0.39, 0.29) is 11.8 Å². The summed E-state index contributed by atoms with van der Waals surface area (Å²) in [4.78, 5) is 24.1. The van der Waals surface area contributed by atoms with Crippen LogP contribution in [0.15, 0.2) is 42.5 Å². The van der Waals surface area contributed by atoms with Crippen LogP contribution in [-0.2, 0) is 17.8 Å². The number of carbonyl (C=O) groups excluding carboxylic acids is 2. The maximum Gasteiger partial charge on any atom is 0.251 e. The number of nitrogens with two attached hydrogens (primary N) is 1. The maximum atomic E-state index is 12.1. The van der Waals surface area contributed by atoms with Gasteiger partial charge in [0.15, 0.2) is 11.5 Å². The molecule has 0 bridgehead atoms. The third-order valence-corrected chi connectivity index (χ3v) is 4.46. The van der Waals surface area contributed by atoms with Gasteiger partial charge in [-0.1, -0.05) is 18.2 Å². The fourth-order valence-corrected chi connectivity index (χ4v) is 2.76. The Labute approximate surface area is 171 Å². The van der Waals surface area contributed by atoms with Crippen molar-refractivity contribution in [3.63, 3.8) is 0 Å². The summed E-state index contributed by atoms with van der Waals surface area (Å²) < 4.78 is 10.5. The van der Waals surface area contributed by atoms with Crippen LogP contribution in [0.2, 0.25) is 0 Å². The molecule has 7 heteroatoms. The summed E-state index contributed by atoms with van der Waals surface area (Å²) in [7, 11) is 3.18. The van der Waals surface area contributed by atoms with Crippen LogP contribution in [0.4, 0.5) is 0 Å². The van der Waals surface area contributed by atoms with Gasteiger partial charge in [-0.15, -0.1) is 0 Å². The predicted molar refractivity (Wildman–Crippen MR) is 112 cm³/mol. The second kappa shape index (κ2) is 11.7. The van der Waals surface area contributed by atoms with Crippen molar-refractivity contribution in [1.29, 1.82) is 0 Å². The molecule has 4 N–H and O–H groups in total. The van der Waals surface area contributed by atoms with E-state index in [2.05, 4.69) is 10.6 Å². The molecule has 29 heavy (non-hydrogen) atoms. The summed E-state index contributed by atoms with van der Waals surface area (Å²) >= 11 is 0. The van der Waals surface area contributed by atoms with Gasteiger partial charge < -0.3 is 25.8 Å². The zero-order valence-electron chi connectivity index (χ0n) is 17.0. The van der Waals surface area contributed by atoms with Crippen molar-refractivity contribution in [3.8, 4) is 11.5 Å². The Kier molecular flexibility index (Phi) is 8.98. The average molecular weight is 399 g/mol. The lowest BCUT2D eigenvalue weighted by Gasteiger charge is -2.10. The largest absolute Gasteiger partial charge is 0.493 e. The van der Waals surface area contributed by atoms with Crippen LogP contribution in [0.5, 0.6) is 11.5 Å². The van der Waals surface area contributed by atoms with E-state index in [9.17, 15) is 9.59 Å². The lowest BCUT2D eigenvalue weighted by atomic mass is 10.1. The number of carbonyl (C=O) groups is 2. The van der Waals surface area contributed by atoms with Gasteiger partial charge in [0.25, 0.3) is 5.91 Å². The maximum absolute atomic E-state index is 12.1. The molecule has 0 heterocycles.